The predicted molar refractivity (Wildman–Crippen MR) is 89.3 cm³/mol. The Morgan fingerprint density at radius 1 is 0.962 bits per heavy atom. The summed E-state index contributed by atoms with van der Waals surface area (Å²) in [5.41, 5.74) is -0.222. The smallest absolute Gasteiger partial charge is 0.416 e. The number of rotatable bonds is 8. The standard InChI is InChI=1S/C17H18F3NO4S/c1-24-10-11-25-15-6-2-13(3-7-15)12-21-26(22,23)16-8-4-14(5-9-16)17(18,19)20/h2-9,21H,10-12H2,1H3. The lowest BCUT2D eigenvalue weighted by Gasteiger charge is -2.10. The van der Waals surface area contributed by atoms with E-state index in [9.17, 15) is 21.6 Å². The molecule has 0 fully saturated rings. The summed E-state index contributed by atoms with van der Waals surface area (Å²) < 4.78 is 74.6. The normalized spacial score (nSPS) is 12.2. The highest BCUT2D eigenvalue weighted by molar-refractivity contribution is 7.89. The molecule has 0 atom stereocenters. The van der Waals surface area contributed by atoms with Crippen LogP contribution >= 0.6 is 0 Å². The van der Waals surface area contributed by atoms with Crippen molar-refractivity contribution >= 4 is 10.0 Å². The number of benzene rings is 2. The summed E-state index contributed by atoms with van der Waals surface area (Å²) in [6.07, 6.45) is -4.51. The number of hydrogen-bond donors (Lipinski definition) is 1. The fraction of sp³-hybridized carbons (Fsp3) is 0.294. The first kappa shape index (κ1) is 20.2. The second-order valence-corrected chi connectivity index (χ2v) is 7.10. The van der Waals surface area contributed by atoms with Crippen LogP contribution in [-0.2, 0) is 27.5 Å². The van der Waals surface area contributed by atoms with E-state index in [1.807, 2.05) is 0 Å². The molecule has 2 aromatic rings. The molecule has 0 saturated carbocycles. The molecule has 0 saturated heterocycles. The number of alkyl halides is 3. The van der Waals surface area contributed by atoms with Crippen LogP contribution in [0.4, 0.5) is 13.2 Å². The minimum Gasteiger partial charge on any atom is -0.491 e. The Labute approximate surface area is 149 Å². The van der Waals surface area contributed by atoms with Crippen molar-refractivity contribution in [2.45, 2.75) is 17.6 Å². The van der Waals surface area contributed by atoms with Gasteiger partial charge in [-0.1, -0.05) is 12.1 Å². The molecule has 9 heteroatoms. The first-order valence-electron chi connectivity index (χ1n) is 7.60. The third kappa shape index (κ3) is 5.72. The van der Waals surface area contributed by atoms with Gasteiger partial charge in [-0.2, -0.15) is 13.2 Å². The minimum absolute atomic E-state index is 0.00169. The summed E-state index contributed by atoms with van der Waals surface area (Å²) in [7, 11) is -2.35. The van der Waals surface area contributed by atoms with Gasteiger partial charge in [-0.25, -0.2) is 13.1 Å². The molecule has 0 amide bonds. The molecule has 26 heavy (non-hydrogen) atoms. The Bertz CT molecular complexity index is 803. The van der Waals surface area contributed by atoms with Gasteiger partial charge in [-0.15, -0.1) is 0 Å². The summed E-state index contributed by atoms with van der Waals surface area (Å²) in [6.45, 7) is 0.854. The zero-order valence-corrected chi connectivity index (χ0v) is 14.7. The molecule has 1 N–H and O–H groups in total. The first-order valence-corrected chi connectivity index (χ1v) is 9.08. The first-order chi connectivity index (χ1) is 12.2. The van der Waals surface area contributed by atoms with E-state index in [2.05, 4.69) is 4.72 Å². The van der Waals surface area contributed by atoms with E-state index in [1.165, 1.54) is 0 Å². The highest BCUT2D eigenvalue weighted by Crippen LogP contribution is 2.29. The van der Waals surface area contributed by atoms with Crippen molar-refractivity contribution in [1.82, 2.24) is 4.72 Å². The van der Waals surface area contributed by atoms with Crippen molar-refractivity contribution in [2.75, 3.05) is 20.3 Å². The van der Waals surface area contributed by atoms with Crippen LogP contribution in [0.25, 0.3) is 0 Å². The van der Waals surface area contributed by atoms with E-state index in [4.69, 9.17) is 9.47 Å². The lowest BCUT2D eigenvalue weighted by Crippen LogP contribution is -2.23. The van der Waals surface area contributed by atoms with Gasteiger partial charge in [-0.05, 0) is 42.0 Å². The maximum absolute atomic E-state index is 12.5. The van der Waals surface area contributed by atoms with E-state index >= 15 is 0 Å². The largest absolute Gasteiger partial charge is 0.491 e. The predicted octanol–water partition coefficient (Wildman–Crippen LogP) is 3.21. The number of methoxy groups -OCH3 is 1. The molecule has 2 rings (SSSR count). The molecule has 0 unspecified atom stereocenters. The lowest BCUT2D eigenvalue weighted by atomic mass is 10.2. The number of halogens is 3. The van der Waals surface area contributed by atoms with Gasteiger partial charge >= 0.3 is 6.18 Å². The molecule has 0 radical (unpaired) electrons. The van der Waals surface area contributed by atoms with Crippen LogP contribution in [0.3, 0.4) is 0 Å². The molecular weight excluding hydrogens is 371 g/mol. The van der Waals surface area contributed by atoms with Crippen molar-refractivity contribution in [3.05, 3.63) is 59.7 Å². The number of nitrogens with one attached hydrogen (secondary N) is 1. The summed E-state index contributed by atoms with van der Waals surface area (Å²) in [5, 5.41) is 0. The minimum atomic E-state index is -4.51. The van der Waals surface area contributed by atoms with Crippen molar-refractivity contribution in [3.8, 4) is 5.75 Å². The number of ether oxygens (including phenoxy) is 2. The summed E-state index contributed by atoms with van der Waals surface area (Å²) in [4.78, 5) is -0.231. The van der Waals surface area contributed by atoms with Crippen LogP contribution in [0.2, 0.25) is 0 Å². The van der Waals surface area contributed by atoms with E-state index in [-0.39, 0.29) is 11.4 Å². The zero-order chi connectivity index (χ0) is 19.2. The second-order valence-electron chi connectivity index (χ2n) is 5.33. The molecule has 0 aliphatic rings. The maximum Gasteiger partial charge on any atom is 0.416 e. The van der Waals surface area contributed by atoms with E-state index < -0.39 is 21.8 Å². The zero-order valence-electron chi connectivity index (χ0n) is 13.9. The molecular formula is C17H18F3NO4S. The third-order valence-electron chi connectivity index (χ3n) is 3.44. The van der Waals surface area contributed by atoms with Crippen molar-refractivity contribution in [1.29, 1.82) is 0 Å². The van der Waals surface area contributed by atoms with Gasteiger partial charge in [0.25, 0.3) is 0 Å². The monoisotopic (exact) mass is 389 g/mol. The average Bonchev–Trinajstić information content (AvgIpc) is 2.61. The third-order valence-corrected chi connectivity index (χ3v) is 4.85. The molecule has 0 aliphatic carbocycles. The number of hydrogen-bond acceptors (Lipinski definition) is 4. The molecule has 2 aromatic carbocycles. The van der Waals surface area contributed by atoms with E-state index in [1.54, 1.807) is 31.4 Å². The summed E-state index contributed by atoms with van der Waals surface area (Å²) in [5.74, 6) is 0.622. The fourth-order valence-electron chi connectivity index (χ4n) is 2.03. The molecule has 0 aliphatic heterocycles. The Morgan fingerprint density at radius 3 is 2.12 bits per heavy atom. The molecule has 5 nitrogen and oxygen atoms in total. The van der Waals surface area contributed by atoms with Crippen LogP contribution < -0.4 is 9.46 Å². The topological polar surface area (TPSA) is 64.6 Å². The Kier molecular flexibility index (Phi) is 6.63. The van der Waals surface area contributed by atoms with E-state index in [0.717, 1.165) is 24.3 Å². The highest BCUT2D eigenvalue weighted by atomic mass is 32.2. The molecule has 0 heterocycles. The van der Waals surface area contributed by atoms with Crippen LogP contribution in [0.5, 0.6) is 5.75 Å². The van der Waals surface area contributed by atoms with Gasteiger partial charge in [0.1, 0.15) is 12.4 Å². The van der Waals surface area contributed by atoms with Gasteiger partial charge in [0.05, 0.1) is 17.1 Å². The average molecular weight is 389 g/mol. The van der Waals surface area contributed by atoms with Gasteiger partial charge < -0.3 is 9.47 Å². The van der Waals surface area contributed by atoms with Crippen molar-refractivity contribution in [3.63, 3.8) is 0 Å². The maximum atomic E-state index is 12.5. The van der Waals surface area contributed by atoms with Crippen LogP contribution in [0.1, 0.15) is 11.1 Å². The van der Waals surface area contributed by atoms with Crippen molar-refractivity contribution in [2.24, 2.45) is 0 Å². The van der Waals surface area contributed by atoms with Crippen molar-refractivity contribution < 1.29 is 31.1 Å². The molecule has 142 valence electrons. The van der Waals surface area contributed by atoms with E-state index in [0.29, 0.717) is 24.5 Å². The van der Waals surface area contributed by atoms with Crippen LogP contribution in [0.15, 0.2) is 53.4 Å². The highest BCUT2D eigenvalue weighted by Gasteiger charge is 2.30. The summed E-state index contributed by atoms with van der Waals surface area (Å²) in [6, 6.07) is 10.1. The summed E-state index contributed by atoms with van der Waals surface area (Å²) >= 11 is 0. The SMILES string of the molecule is COCCOc1ccc(CNS(=O)(=O)c2ccc(C(F)(F)F)cc2)cc1. The quantitative estimate of drug-likeness (QED) is 0.705. The van der Waals surface area contributed by atoms with Gasteiger partial charge in [0, 0.05) is 13.7 Å². The Hall–Kier alpha value is -2.10. The lowest BCUT2D eigenvalue weighted by molar-refractivity contribution is -0.137. The van der Waals surface area contributed by atoms with Gasteiger partial charge in [0.15, 0.2) is 0 Å². The number of sulfonamides is 1. The second kappa shape index (κ2) is 8.52. The van der Waals surface area contributed by atoms with Crippen LogP contribution in [0, 0.1) is 0 Å². The fourth-order valence-corrected chi connectivity index (χ4v) is 3.05. The molecule has 0 bridgehead atoms. The molecule has 0 aromatic heterocycles. The Morgan fingerprint density at radius 2 is 1.58 bits per heavy atom. The van der Waals surface area contributed by atoms with Gasteiger partial charge in [0.2, 0.25) is 10.0 Å². The Balaban J connectivity index is 1.97. The van der Waals surface area contributed by atoms with Gasteiger partial charge in [-0.3, -0.25) is 0 Å². The van der Waals surface area contributed by atoms with Crippen LogP contribution in [-0.4, -0.2) is 28.7 Å². The molecule has 0 spiro atoms.